The molecule has 0 amide bonds. The Morgan fingerprint density at radius 1 is 1.24 bits per heavy atom. The summed E-state index contributed by atoms with van der Waals surface area (Å²) in [7, 11) is 1.70. The highest BCUT2D eigenvalue weighted by molar-refractivity contribution is 9.10. The zero-order valence-electron chi connectivity index (χ0n) is 10.6. The van der Waals surface area contributed by atoms with Gasteiger partial charge < -0.3 is 15.4 Å². The van der Waals surface area contributed by atoms with Gasteiger partial charge in [-0.05, 0) is 38.2 Å². The van der Waals surface area contributed by atoms with Gasteiger partial charge in [-0.15, -0.1) is 0 Å². The van der Waals surface area contributed by atoms with Gasteiger partial charge in [-0.1, -0.05) is 28.9 Å². The fourth-order valence-corrected chi connectivity index (χ4v) is 1.94. The predicted molar refractivity (Wildman–Crippen MR) is 75.6 cm³/mol. The molecule has 0 aliphatic heterocycles. The summed E-state index contributed by atoms with van der Waals surface area (Å²) < 4.78 is 6.39. The van der Waals surface area contributed by atoms with E-state index in [1.807, 2.05) is 12.1 Å². The number of ether oxygens (including phenoxy) is 1. The lowest BCUT2D eigenvalue weighted by atomic mass is 10.2. The molecule has 4 heteroatoms. The van der Waals surface area contributed by atoms with Gasteiger partial charge in [-0.3, -0.25) is 0 Å². The van der Waals surface area contributed by atoms with Crippen molar-refractivity contribution in [2.24, 2.45) is 0 Å². The molecule has 0 radical (unpaired) electrons. The predicted octanol–water partition coefficient (Wildman–Crippen LogP) is 2.55. The largest absolute Gasteiger partial charge is 0.496 e. The number of hydrogen-bond acceptors (Lipinski definition) is 3. The second-order valence-electron chi connectivity index (χ2n) is 3.84. The molecule has 0 aliphatic carbocycles. The van der Waals surface area contributed by atoms with Crippen molar-refractivity contribution in [1.82, 2.24) is 10.6 Å². The number of methoxy groups -OCH3 is 1. The molecule has 0 spiro atoms. The maximum Gasteiger partial charge on any atom is 0.124 e. The SMILES string of the molecule is CCNCCCNCc1ccc(Br)cc1OC. The van der Waals surface area contributed by atoms with Crippen molar-refractivity contribution in [3.8, 4) is 5.75 Å². The Bertz CT molecular complexity index is 331. The van der Waals surface area contributed by atoms with Crippen molar-refractivity contribution in [1.29, 1.82) is 0 Å². The molecule has 0 atom stereocenters. The molecule has 0 unspecified atom stereocenters. The van der Waals surface area contributed by atoms with Crippen LogP contribution in [0.3, 0.4) is 0 Å². The lowest BCUT2D eigenvalue weighted by Crippen LogP contribution is -2.21. The summed E-state index contributed by atoms with van der Waals surface area (Å²) >= 11 is 3.44. The van der Waals surface area contributed by atoms with Crippen LogP contribution in [0.15, 0.2) is 22.7 Å². The minimum absolute atomic E-state index is 0.850. The summed E-state index contributed by atoms with van der Waals surface area (Å²) in [5, 5.41) is 6.73. The van der Waals surface area contributed by atoms with Gasteiger partial charge in [0.15, 0.2) is 0 Å². The molecule has 1 rings (SSSR count). The van der Waals surface area contributed by atoms with E-state index in [-0.39, 0.29) is 0 Å². The van der Waals surface area contributed by atoms with Crippen LogP contribution in [0.4, 0.5) is 0 Å². The van der Waals surface area contributed by atoms with Gasteiger partial charge in [0.05, 0.1) is 7.11 Å². The van der Waals surface area contributed by atoms with Gasteiger partial charge in [-0.25, -0.2) is 0 Å². The van der Waals surface area contributed by atoms with E-state index in [2.05, 4.69) is 39.6 Å². The Morgan fingerprint density at radius 3 is 2.71 bits per heavy atom. The van der Waals surface area contributed by atoms with Gasteiger partial charge in [0, 0.05) is 16.6 Å². The zero-order valence-corrected chi connectivity index (χ0v) is 12.1. The standard InChI is InChI=1S/C13H21BrN2O/c1-3-15-7-4-8-16-10-11-5-6-12(14)9-13(11)17-2/h5-6,9,15-16H,3-4,7-8,10H2,1-2H3. The molecular formula is C13H21BrN2O. The van der Waals surface area contributed by atoms with Gasteiger partial charge in [-0.2, -0.15) is 0 Å². The van der Waals surface area contributed by atoms with E-state index in [4.69, 9.17) is 4.74 Å². The highest BCUT2D eigenvalue weighted by atomic mass is 79.9. The van der Waals surface area contributed by atoms with E-state index >= 15 is 0 Å². The monoisotopic (exact) mass is 300 g/mol. The first-order chi connectivity index (χ1) is 8.27. The van der Waals surface area contributed by atoms with Crippen molar-refractivity contribution in [3.05, 3.63) is 28.2 Å². The molecule has 0 aliphatic rings. The third kappa shape index (κ3) is 5.52. The molecule has 96 valence electrons. The molecule has 2 N–H and O–H groups in total. The summed E-state index contributed by atoms with van der Waals surface area (Å²) in [6, 6.07) is 6.12. The smallest absolute Gasteiger partial charge is 0.124 e. The third-order valence-electron chi connectivity index (χ3n) is 2.52. The fourth-order valence-electron chi connectivity index (χ4n) is 1.60. The Hall–Kier alpha value is -0.580. The van der Waals surface area contributed by atoms with Crippen LogP contribution in [-0.4, -0.2) is 26.7 Å². The van der Waals surface area contributed by atoms with Crippen LogP contribution in [0.5, 0.6) is 5.75 Å². The summed E-state index contributed by atoms with van der Waals surface area (Å²) in [6.45, 7) is 6.11. The molecule has 1 aromatic carbocycles. The average molecular weight is 301 g/mol. The molecule has 0 bridgehead atoms. The topological polar surface area (TPSA) is 33.3 Å². The van der Waals surface area contributed by atoms with E-state index in [9.17, 15) is 0 Å². The van der Waals surface area contributed by atoms with Crippen LogP contribution in [0, 0.1) is 0 Å². The van der Waals surface area contributed by atoms with E-state index < -0.39 is 0 Å². The van der Waals surface area contributed by atoms with Crippen LogP contribution in [0.2, 0.25) is 0 Å². The number of halogens is 1. The molecule has 0 saturated carbocycles. The Labute approximate surface area is 112 Å². The maximum absolute atomic E-state index is 5.34. The highest BCUT2D eigenvalue weighted by Gasteiger charge is 2.02. The Morgan fingerprint density at radius 2 is 2.00 bits per heavy atom. The number of rotatable bonds is 8. The lowest BCUT2D eigenvalue weighted by Gasteiger charge is -2.10. The van der Waals surface area contributed by atoms with E-state index in [1.54, 1.807) is 7.11 Å². The van der Waals surface area contributed by atoms with Gasteiger partial charge in [0.2, 0.25) is 0 Å². The van der Waals surface area contributed by atoms with Crippen molar-refractivity contribution in [2.75, 3.05) is 26.7 Å². The highest BCUT2D eigenvalue weighted by Crippen LogP contribution is 2.23. The van der Waals surface area contributed by atoms with Crippen LogP contribution in [0.25, 0.3) is 0 Å². The lowest BCUT2D eigenvalue weighted by molar-refractivity contribution is 0.407. The summed E-state index contributed by atoms with van der Waals surface area (Å²) in [5.41, 5.74) is 1.19. The summed E-state index contributed by atoms with van der Waals surface area (Å²) in [5.74, 6) is 0.929. The molecule has 17 heavy (non-hydrogen) atoms. The zero-order chi connectivity index (χ0) is 12.5. The quantitative estimate of drug-likeness (QED) is 0.724. The van der Waals surface area contributed by atoms with E-state index in [1.165, 1.54) is 5.56 Å². The minimum Gasteiger partial charge on any atom is -0.496 e. The number of benzene rings is 1. The molecule has 3 nitrogen and oxygen atoms in total. The Kier molecular flexibility index (Phi) is 7.24. The van der Waals surface area contributed by atoms with Crippen molar-refractivity contribution in [3.63, 3.8) is 0 Å². The van der Waals surface area contributed by atoms with E-state index in [0.29, 0.717) is 0 Å². The maximum atomic E-state index is 5.34. The van der Waals surface area contributed by atoms with Crippen molar-refractivity contribution < 1.29 is 4.74 Å². The number of nitrogens with one attached hydrogen (secondary N) is 2. The molecule has 0 saturated heterocycles. The summed E-state index contributed by atoms with van der Waals surface area (Å²) in [4.78, 5) is 0. The molecule has 0 fully saturated rings. The second kappa shape index (κ2) is 8.50. The summed E-state index contributed by atoms with van der Waals surface area (Å²) in [6.07, 6.45) is 1.15. The first kappa shape index (κ1) is 14.5. The molecule has 0 heterocycles. The van der Waals surface area contributed by atoms with Crippen molar-refractivity contribution >= 4 is 15.9 Å². The van der Waals surface area contributed by atoms with Crippen LogP contribution < -0.4 is 15.4 Å². The normalized spacial score (nSPS) is 10.5. The van der Waals surface area contributed by atoms with Gasteiger partial charge >= 0.3 is 0 Å². The average Bonchev–Trinajstić information content (AvgIpc) is 2.35. The van der Waals surface area contributed by atoms with Crippen LogP contribution >= 0.6 is 15.9 Å². The van der Waals surface area contributed by atoms with Gasteiger partial charge in [0.25, 0.3) is 0 Å². The first-order valence-corrected chi connectivity index (χ1v) is 6.81. The fraction of sp³-hybridized carbons (Fsp3) is 0.538. The first-order valence-electron chi connectivity index (χ1n) is 6.01. The van der Waals surface area contributed by atoms with Crippen molar-refractivity contribution in [2.45, 2.75) is 19.9 Å². The third-order valence-corrected chi connectivity index (χ3v) is 3.01. The molecular weight excluding hydrogens is 280 g/mol. The number of hydrogen-bond donors (Lipinski definition) is 2. The molecule has 1 aromatic rings. The van der Waals surface area contributed by atoms with Crippen LogP contribution in [0.1, 0.15) is 18.9 Å². The van der Waals surface area contributed by atoms with E-state index in [0.717, 1.165) is 42.8 Å². The van der Waals surface area contributed by atoms with Crippen LogP contribution in [-0.2, 0) is 6.54 Å². The van der Waals surface area contributed by atoms with Gasteiger partial charge in [0.1, 0.15) is 5.75 Å². The molecule has 0 aromatic heterocycles. The Balaban J connectivity index is 2.31. The second-order valence-corrected chi connectivity index (χ2v) is 4.76. The minimum atomic E-state index is 0.850.